The first-order valence-electron chi connectivity index (χ1n) is 9.51. The van der Waals surface area contributed by atoms with E-state index >= 15 is 0 Å². The molecule has 0 spiro atoms. The molecule has 174 valence electrons. The number of hydrogen-bond acceptors (Lipinski definition) is 4. The molecule has 2 N–H and O–H groups in total. The van der Waals surface area contributed by atoms with Gasteiger partial charge in [0.15, 0.2) is 17.1 Å². The molecule has 4 rings (SSSR count). The summed E-state index contributed by atoms with van der Waals surface area (Å²) in [4.78, 5) is 4.20. The normalized spacial score (nSPS) is 12.2. The van der Waals surface area contributed by atoms with Gasteiger partial charge in [0.05, 0.1) is 22.8 Å². The van der Waals surface area contributed by atoms with Crippen molar-refractivity contribution < 1.29 is 30.8 Å². The van der Waals surface area contributed by atoms with Gasteiger partial charge in [-0.05, 0) is 60.9 Å². The average Bonchev–Trinajstić information content (AvgIpc) is 3.52. The van der Waals surface area contributed by atoms with Crippen LogP contribution in [0.3, 0.4) is 0 Å². The summed E-state index contributed by atoms with van der Waals surface area (Å²) in [7, 11) is 0. The summed E-state index contributed by atoms with van der Waals surface area (Å²) in [6.45, 7) is 1.65. The minimum atomic E-state index is -4.68. The molecule has 4 aromatic heterocycles. The van der Waals surface area contributed by atoms with Crippen molar-refractivity contribution in [2.45, 2.75) is 19.3 Å². The Balaban J connectivity index is 1.77. The lowest BCUT2D eigenvalue weighted by molar-refractivity contribution is -0.142. The number of halogens is 6. The zero-order valence-corrected chi connectivity index (χ0v) is 17.1. The first-order valence-corrected chi connectivity index (χ1v) is 9.51. The smallest absolute Gasteiger partial charge is 0.435 e. The van der Waals surface area contributed by atoms with E-state index in [0.717, 1.165) is 12.1 Å². The van der Waals surface area contributed by atoms with Crippen LogP contribution in [0.1, 0.15) is 35.4 Å². The van der Waals surface area contributed by atoms with E-state index in [9.17, 15) is 26.3 Å². The Labute approximate surface area is 187 Å². The number of aromatic nitrogens is 5. The van der Waals surface area contributed by atoms with Gasteiger partial charge < -0.3 is 4.42 Å². The number of aromatic amines is 2. The molecule has 4 aromatic rings. The van der Waals surface area contributed by atoms with Crippen LogP contribution in [0.4, 0.5) is 26.3 Å². The van der Waals surface area contributed by atoms with Gasteiger partial charge in [-0.15, -0.1) is 0 Å². The van der Waals surface area contributed by atoms with Gasteiger partial charge in [0, 0.05) is 0 Å². The van der Waals surface area contributed by atoms with E-state index in [4.69, 9.17) is 4.42 Å². The molecular formula is C22H13F6N5O. The van der Waals surface area contributed by atoms with Crippen molar-refractivity contribution >= 4 is 12.2 Å². The summed E-state index contributed by atoms with van der Waals surface area (Å²) in [5, 5.41) is 11.0. The van der Waals surface area contributed by atoms with Crippen molar-refractivity contribution in [3.8, 4) is 34.6 Å². The van der Waals surface area contributed by atoms with Crippen molar-refractivity contribution in [3.63, 3.8) is 0 Å². The van der Waals surface area contributed by atoms with Crippen LogP contribution in [0.2, 0.25) is 0 Å². The molecule has 6 nitrogen and oxygen atoms in total. The maximum absolute atomic E-state index is 13.0. The zero-order valence-electron chi connectivity index (χ0n) is 17.1. The fraction of sp³-hybridized carbons (Fsp3) is 0.136. The van der Waals surface area contributed by atoms with Gasteiger partial charge in [0.2, 0.25) is 0 Å². The van der Waals surface area contributed by atoms with E-state index in [-0.39, 0.29) is 22.8 Å². The molecule has 0 fully saturated rings. The second-order valence-electron chi connectivity index (χ2n) is 6.91. The highest BCUT2D eigenvalue weighted by molar-refractivity contribution is 5.74. The van der Waals surface area contributed by atoms with Gasteiger partial charge in [-0.2, -0.15) is 36.5 Å². The fourth-order valence-corrected chi connectivity index (χ4v) is 2.93. The van der Waals surface area contributed by atoms with Crippen LogP contribution in [0.5, 0.6) is 0 Å². The predicted molar refractivity (Wildman–Crippen MR) is 110 cm³/mol. The summed E-state index contributed by atoms with van der Waals surface area (Å²) in [5.41, 5.74) is -1.98. The van der Waals surface area contributed by atoms with Crippen molar-refractivity contribution in [1.82, 2.24) is 25.4 Å². The Morgan fingerprint density at radius 1 is 0.824 bits per heavy atom. The SMILES string of the molecule is CC#Cc1ccc(/C=C/c2cc(-c3cc(C(F)(F)F)n[nH]3)nc(-c3cc(C(F)(F)F)n[nH]3)c2)o1. The van der Waals surface area contributed by atoms with Crippen molar-refractivity contribution in [1.29, 1.82) is 0 Å². The number of nitrogens with zero attached hydrogens (tertiary/aromatic N) is 3. The third-order valence-electron chi connectivity index (χ3n) is 4.45. The molecule has 0 amide bonds. The van der Waals surface area contributed by atoms with E-state index in [1.54, 1.807) is 31.2 Å². The highest BCUT2D eigenvalue weighted by atomic mass is 19.4. The quantitative estimate of drug-likeness (QED) is 0.278. The molecule has 0 aromatic carbocycles. The van der Waals surface area contributed by atoms with Gasteiger partial charge in [0.25, 0.3) is 0 Å². The summed E-state index contributed by atoms with van der Waals surface area (Å²) in [5.74, 6) is 6.32. The van der Waals surface area contributed by atoms with E-state index in [1.807, 2.05) is 0 Å². The van der Waals surface area contributed by atoms with Gasteiger partial charge in [-0.1, -0.05) is 12.0 Å². The number of nitrogens with one attached hydrogen (secondary N) is 2. The van der Waals surface area contributed by atoms with Crippen LogP contribution in [0.25, 0.3) is 34.9 Å². The highest BCUT2D eigenvalue weighted by Gasteiger charge is 2.35. The van der Waals surface area contributed by atoms with E-state index in [1.165, 1.54) is 12.1 Å². The Morgan fingerprint density at radius 3 is 1.85 bits per heavy atom. The average molecular weight is 477 g/mol. The van der Waals surface area contributed by atoms with Crippen molar-refractivity contribution in [2.75, 3.05) is 0 Å². The molecule has 12 heteroatoms. The van der Waals surface area contributed by atoms with E-state index in [2.05, 4.69) is 37.2 Å². The summed E-state index contributed by atoms with van der Waals surface area (Å²) in [6.07, 6.45) is -6.22. The second-order valence-corrected chi connectivity index (χ2v) is 6.91. The molecule has 0 aliphatic heterocycles. The molecule has 0 saturated heterocycles. The minimum absolute atomic E-state index is 0.0280. The molecule has 0 radical (unpaired) electrons. The van der Waals surface area contributed by atoms with E-state index in [0.29, 0.717) is 17.1 Å². The topological polar surface area (TPSA) is 83.4 Å². The molecule has 0 aliphatic rings. The Hall–Kier alpha value is -4.27. The number of furan rings is 1. The van der Waals surface area contributed by atoms with Gasteiger partial charge >= 0.3 is 12.4 Å². The summed E-state index contributed by atoms with van der Waals surface area (Å²) < 4.78 is 83.3. The Morgan fingerprint density at radius 2 is 1.38 bits per heavy atom. The third kappa shape index (κ3) is 5.03. The van der Waals surface area contributed by atoms with Crippen LogP contribution in [0.15, 0.2) is 40.8 Å². The van der Waals surface area contributed by atoms with Crippen LogP contribution in [-0.2, 0) is 12.4 Å². The Kier molecular flexibility index (Phi) is 5.78. The number of pyridine rings is 1. The number of H-pyrrole nitrogens is 2. The molecule has 0 bridgehead atoms. The maximum Gasteiger partial charge on any atom is 0.435 e. The predicted octanol–water partition coefficient (Wildman–Crippen LogP) is 6.03. The van der Waals surface area contributed by atoms with Crippen molar-refractivity contribution in [3.05, 3.63) is 64.9 Å². The highest BCUT2D eigenvalue weighted by Crippen LogP contribution is 2.33. The standard InChI is InChI=1S/C22H13F6N5O/c1-2-3-13-6-7-14(34-13)5-4-12-8-15(17-10-19(32-30-17)21(23,24)25)29-16(9-12)18-11-20(33-31-18)22(26,27)28/h4-11H,1H3,(H,30,32)(H,31,33)/b5-4+. The monoisotopic (exact) mass is 477 g/mol. The lowest BCUT2D eigenvalue weighted by Gasteiger charge is -2.05. The van der Waals surface area contributed by atoms with Crippen LogP contribution >= 0.6 is 0 Å². The third-order valence-corrected chi connectivity index (χ3v) is 4.45. The fourth-order valence-electron chi connectivity index (χ4n) is 2.93. The van der Waals surface area contributed by atoms with Crippen LogP contribution < -0.4 is 0 Å². The molecular weight excluding hydrogens is 464 g/mol. The first kappa shape index (κ1) is 22.9. The summed E-state index contributed by atoms with van der Waals surface area (Å²) >= 11 is 0. The van der Waals surface area contributed by atoms with E-state index < -0.39 is 23.7 Å². The number of alkyl halides is 6. The zero-order chi connectivity index (χ0) is 24.5. The molecule has 0 aliphatic carbocycles. The molecule has 4 heterocycles. The lowest BCUT2D eigenvalue weighted by Crippen LogP contribution is -2.04. The van der Waals surface area contributed by atoms with Crippen LogP contribution in [0, 0.1) is 11.8 Å². The lowest BCUT2D eigenvalue weighted by atomic mass is 10.1. The van der Waals surface area contributed by atoms with Crippen molar-refractivity contribution in [2.24, 2.45) is 0 Å². The number of hydrogen-bond donors (Lipinski definition) is 2. The molecule has 34 heavy (non-hydrogen) atoms. The minimum Gasteiger partial charge on any atom is -0.448 e. The largest absolute Gasteiger partial charge is 0.448 e. The summed E-state index contributed by atoms with van der Waals surface area (Å²) in [6, 6.07) is 7.74. The first-order chi connectivity index (χ1) is 16.0. The van der Waals surface area contributed by atoms with Gasteiger partial charge in [-0.25, -0.2) is 4.98 Å². The number of rotatable bonds is 4. The van der Waals surface area contributed by atoms with Gasteiger partial charge in [-0.3, -0.25) is 10.2 Å². The maximum atomic E-state index is 13.0. The van der Waals surface area contributed by atoms with Crippen LogP contribution in [-0.4, -0.2) is 25.4 Å². The molecule has 0 atom stereocenters. The van der Waals surface area contributed by atoms with Gasteiger partial charge in [0.1, 0.15) is 5.76 Å². The Bertz CT molecular complexity index is 1340. The molecule has 0 saturated carbocycles. The second kappa shape index (κ2) is 8.58. The molecule has 0 unspecified atom stereocenters.